The van der Waals surface area contributed by atoms with E-state index in [1.807, 2.05) is 19.1 Å². The summed E-state index contributed by atoms with van der Waals surface area (Å²) in [6.07, 6.45) is -4.19. The highest BCUT2D eigenvalue weighted by molar-refractivity contribution is 7.21. The molecule has 0 saturated carbocycles. The predicted octanol–water partition coefficient (Wildman–Crippen LogP) is 3.59. The summed E-state index contributed by atoms with van der Waals surface area (Å²) >= 11 is 0.643. The Balaban J connectivity index is 1.47. The van der Waals surface area contributed by atoms with Gasteiger partial charge in [-0.05, 0) is 38.0 Å². The number of carboxylic acid groups (broad SMARTS) is 1. The summed E-state index contributed by atoms with van der Waals surface area (Å²) in [5.74, 6) is -1.24. The number of pyridine rings is 2. The third kappa shape index (κ3) is 4.93. The molecule has 0 bridgehead atoms. The molecule has 0 aliphatic carbocycles. The first-order valence-electron chi connectivity index (χ1n) is 10.7. The monoisotopic (exact) mass is 495 g/mol. The molecule has 0 spiro atoms. The molecule has 1 saturated heterocycles. The van der Waals surface area contributed by atoms with Crippen molar-refractivity contribution in [2.75, 3.05) is 30.3 Å². The number of rotatable bonds is 6. The maximum absolute atomic E-state index is 13.8. The van der Waals surface area contributed by atoms with Crippen LogP contribution in [0.5, 0.6) is 0 Å². The van der Waals surface area contributed by atoms with Gasteiger partial charge in [-0.15, -0.1) is 11.3 Å². The normalized spacial score (nSPS) is 16.2. The molecule has 1 fully saturated rings. The Bertz CT molecular complexity index is 1210. The number of fused-ring (bicyclic) bond motifs is 1. The number of hydrogen-bond acceptors (Lipinski definition) is 8. The molecule has 12 heteroatoms. The fraction of sp³-hybridized carbons (Fsp3) is 0.409. The number of nitrogens with two attached hydrogens (primary N) is 1. The third-order valence-corrected chi connectivity index (χ3v) is 6.94. The van der Waals surface area contributed by atoms with Gasteiger partial charge in [0.15, 0.2) is 0 Å². The van der Waals surface area contributed by atoms with E-state index in [1.165, 1.54) is 0 Å². The number of hydrogen-bond donors (Lipinski definition) is 4. The summed E-state index contributed by atoms with van der Waals surface area (Å²) in [5.41, 5.74) is 5.73. The van der Waals surface area contributed by atoms with Crippen LogP contribution in [0.1, 0.15) is 45.6 Å². The number of halogens is 3. The molecule has 0 aromatic carbocycles. The van der Waals surface area contributed by atoms with Crippen LogP contribution >= 0.6 is 11.3 Å². The number of carbonyl (C=O) groups is 1. The topological polar surface area (TPSA) is 125 Å². The average molecular weight is 496 g/mol. The van der Waals surface area contributed by atoms with E-state index in [0.29, 0.717) is 49.5 Å². The number of thiophene rings is 1. The Morgan fingerprint density at radius 1 is 1.32 bits per heavy atom. The SMILES string of the molecule is Cc1cccc(C(O)CNC2CCN(c3cc(C(F)(F)F)c4c(N)c(C(=O)O)sc4n3)CC2)n1. The number of alkyl halides is 3. The van der Waals surface area contributed by atoms with Crippen molar-refractivity contribution in [2.24, 2.45) is 0 Å². The summed E-state index contributed by atoms with van der Waals surface area (Å²) in [7, 11) is 0. The van der Waals surface area contributed by atoms with Gasteiger partial charge in [-0.1, -0.05) is 6.07 Å². The van der Waals surface area contributed by atoms with Crippen molar-refractivity contribution in [1.82, 2.24) is 15.3 Å². The fourth-order valence-electron chi connectivity index (χ4n) is 4.10. The zero-order valence-electron chi connectivity index (χ0n) is 18.3. The molecule has 3 aromatic heterocycles. The molecule has 8 nitrogen and oxygen atoms in total. The number of nitrogens with one attached hydrogen (secondary N) is 1. The van der Waals surface area contributed by atoms with Gasteiger partial charge in [-0.25, -0.2) is 9.78 Å². The number of aliphatic hydroxyl groups is 1. The Hall–Kier alpha value is -2.96. The first-order chi connectivity index (χ1) is 16.0. The molecule has 4 heterocycles. The lowest BCUT2D eigenvalue weighted by atomic mass is 10.0. The minimum Gasteiger partial charge on any atom is -0.477 e. The summed E-state index contributed by atoms with van der Waals surface area (Å²) in [5, 5.41) is 22.6. The average Bonchev–Trinajstić information content (AvgIpc) is 3.13. The van der Waals surface area contributed by atoms with E-state index in [4.69, 9.17) is 5.73 Å². The Labute approximate surface area is 197 Å². The fourth-order valence-corrected chi connectivity index (χ4v) is 5.05. The largest absolute Gasteiger partial charge is 0.477 e. The van der Waals surface area contributed by atoms with Crippen LogP contribution in [0.2, 0.25) is 0 Å². The second-order valence-corrected chi connectivity index (χ2v) is 9.24. The van der Waals surface area contributed by atoms with Gasteiger partial charge in [0.25, 0.3) is 0 Å². The van der Waals surface area contributed by atoms with Crippen molar-refractivity contribution in [3.05, 3.63) is 46.1 Å². The molecular formula is C22H24F3N5O3S. The van der Waals surface area contributed by atoms with Gasteiger partial charge in [0.05, 0.1) is 16.9 Å². The standard InChI is InChI=1S/C22H24F3N5O3S/c1-11-3-2-4-14(28-11)15(31)10-27-12-5-7-30(8-6-12)16-9-13(22(23,24)25)17-18(26)19(21(32)33)34-20(17)29-16/h2-4,9,12,15,27,31H,5-8,10,26H2,1H3,(H,32,33). The number of nitrogens with zero attached hydrogens (tertiary/aromatic N) is 3. The maximum atomic E-state index is 13.8. The van der Waals surface area contributed by atoms with Crippen molar-refractivity contribution in [3.63, 3.8) is 0 Å². The molecule has 182 valence electrons. The molecule has 0 radical (unpaired) electrons. The molecule has 5 N–H and O–H groups in total. The molecule has 0 amide bonds. The summed E-state index contributed by atoms with van der Waals surface area (Å²) in [6.45, 7) is 3.08. The van der Waals surface area contributed by atoms with Crippen molar-refractivity contribution >= 4 is 39.0 Å². The van der Waals surface area contributed by atoms with Crippen LogP contribution in [0.4, 0.5) is 24.7 Å². The molecular weight excluding hydrogens is 471 g/mol. The van der Waals surface area contributed by atoms with Gasteiger partial charge in [-0.2, -0.15) is 13.2 Å². The van der Waals surface area contributed by atoms with Gasteiger partial charge >= 0.3 is 12.1 Å². The van der Waals surface area contributed by atoms with E-state index in [9.17, 15) is 28.2 Å². The van der Waals surface area contributed by atoms with Crippen molar-refractivity contribution in [1.29, 1.82) is 0 Å². The smallest absolute Gasteiger partial charge is 0.417 e. The van der Waals surface area contributed by atoms with Gasteiger partial charge in [0.1, 0.15) is 21.6 Å². The molecule has 4 rings (SSSR count). The van der Waals surface area contributed by atoms with E-state index in [0.717, 1.165) is 11.8 Å². The highest BCUT2D eigenvalue weighted by Gasteiger charge is 2.37. The number of anilines is 2. The molecule has 1 aliphatic rings. The highest BCUT2D eigenvalue weighted by atomic mass is 32.1. The van der Waals surface area contributed by atoms with Crippen molar-refractivity contribution in [2.45, 2.75) is 38.1 Å². The van der Waals surface area contributed by atoms with Crippen LogP contribution in [0.3, 0.4) is 0 Å². The number of piperidine rings is 1. The molecule has 3 aromatic rings. The van der Waals surface area contributed by atoms with Crippen molar-refractivity contribution < 1.29 is 28.2 Å². The lowest BCUT2D eigenvalue weighted by Crippen LogP contribution is -2.44. The van der Waals surface area contributed by atoms with Crippen LogP contribution in [0, 0.1) is 6.92 Å². The van der Waals surface area contributed by atoms with Gasteiger partial charge in [0.2, 0.25) is 0 Å². The van der Waals surface area contributed by atoms with Crippen molar-refractivity contribution in [3.8, 4) is 0 Å². The Kier molecular flexibility index (Phi) is 6.65. The predicted molar refractivity (Wildman–Crippen MR) is 123 cm³/mol. The first kappa shape index (κ1) is 24.2. The summed E-state index contributed by atoms with van der Waals surface area (Å²) in [6, 6.07) is 6.46. The molecule has 1 unspecified atom stereocenters. The second-order valence-electron chi connectivity index (χ2n) is 8.25. The first-order valence-corrected chi connectivity index (χ1v) is 11.5. The maximum Gasteiger partial charge on any atom is 0.417 e. The van der Waals surface area contributed by atoms with Gasteiger partial charge in [-0.3, -0.25) is 4.98 Å². The van der Waals surface area contributed by atoms with Crippen LogP contribution < -0.4 is 16.0 Å². The number of aryl methyl sites for hydroxylation is 1. The van der Waals surface area contributed by atoms with Gasteiger partial charge in [0, 0.05) is 36.8 Å². The lowest BCUT2D eigenvalue weighted by Gasteiger charge is -2.34. The molecule has 34 heavy (non-hydrogen) atoms. The quantitative estimate of drug-likeness (QED) is 0.409. The lowest BCUT2D eigenvalue weighted by molar-refractivity contribution is -0.136. The Morgan fingerprint density at radius 2 is 2.03 bits per heavy atom. The third-order valence-electron chi connectivity index (χ3n) is 5.86. The number of nitrogen functional groups attached to an aromatic ring is 1. The zero-order valence-corrected chi connectivity index (χ0v) is 19.1. The summed E-state index contributed by atoms with van der Waals surface area (Å²) < 4.78 is 41.3. The van der Waals surface area contributed by atoms with Crippen LogP contribution in [0.25, 0.3) is 10.2 Å². The van der Waals surface area contributed by atoms with E-state index < -0.39 is 29.5 Å². The molecule has 1 atom stereocenters. The number of aliphatic hydroxyl groups excluding tert-OH is 1. The molecule has 1 aliphatic heterocycles. The van der Waals surface area contributed by atoms with Crippen LogP contribution in [-0.4, -0.2) is 51.8 Å². The van der Waals surface area contributed by atoms with Gasteiger partial charge < -0.3 is 26.2 Å². The van der Waals surface area contributed by atoms with E-state index in [1.54, 1.807) is 11.0 Å². The van der Waals surface area contributed by atoms with E-state index >= 15 is 0 Å². The van der Waals surface area contributed by atoms with E-state index in [2.05, 4.69) is 15.3 Å². The second kappa shape index (κ2) is 9.35. The summed E-state index contributed by atoms with van der Waals surface area (Å²) in [4.78, 5) is 21.4. The Morgan fingerprint density at radius 3 is 2.65 bits per heavy atom. The number of aromatic carboxylic acids is 1. The van der Waals surface area contributed by atoms with E-state index in [-0.39, 0.29) is 27.0 Å². The zero-order chi connectivity index (χ0) is 24.6. The highest BCUT2D eigenvalue weighted by Crippen LogP contribution is 2.43. The van der Waals surface area contributed by atoms with Crippen LogP contribution in [0.15, 0.2) is 24.3 Å². The number of carboxylic acids is 1. The number of aromatic nitrogens is 2. The minimum atomic E-state index is -4.71. The van der Waals surface area contributed by atoms with Crippen LogP contribution in [-0.2, 0) is 6.18 Å². The minimum absolute atomic E-state index is 0.0475.